The SMILES string of the molecule is CCOc1nc2cccc(C(=O)OC(C)(C)OC(=O)O[C@@H]3CO[C@@H]4[C@H]3OC[C@H]4OC(C)=O)c2n1Cc1ccc(-c2ccccc2-c2nn[nH]n2)cc1. The van der Waals surface area contributed by atoms with E-state index in [0.717, 1.165) is 22.3 Å². The first kappa shape index (κ1) is 34.6. The van der Waals surface area contributed by atoms with Crippen LogP contribution in [0.5, 0.6) is 6.01 Å². The maximum Gasteiger partial charge on any atom is 0.512 e. The first-order valence-electron chi connectivity index (χ1n) is 16.7. The van der Waals surface area contributed by atoms with Gasteiger partial charge in [0.25, 0.3) is 11.8 Å². The fraction of sp³-hybridized carbons (Fsp3) is 0.361. The summed E-state index contributed by atoms with van der Waals surface area (Å²) in [5.74, 6) is -2.46. The highest BCUT2D eigenvalue weighted by molar-refractivity contribution is 6.02. The molecule has 0 aliphatic carbocycles. The second kappa shape index (κ2) is 14.4. The molecule has 0 amide bonds. The van der Waals surface area contributed by atoms with Gasteiger partial charge >= 0.3 is 18.1 Å². The highest BCUT2D eigenvalue weighted by Gasteiger charge is 2.51. The Morgan fingerprint density at radius 2 is 1.62 bits per heavy atom. The molecule has 2 aromatic heterocycles. The smallest absolute Gasteiger partial charge is 0.465 e. The van der Waals surface area contributed by atoms with Gasteiger partial charge in [-0.2, -0.15) is 10.2 Å². The van der Waals surface area contributed by atoms with Crippen molar-refractivity contribution in [3.63, 3.8) is 0 Å². The van der Waals surface area contributed by atoms with Gasteiger partial charge < -0.3 is 33.2 Å². The number of aromatic amines is 1. The minimum absolute atomic E-state index is 0.0207. The molecule has 0 radical (unpaired) electrons. The van der Waals surface area contributed by atoms with Gasteiger partial charge in [0.05, 0.1) is 43.0 Å². The van der Waals surface area contributed by atoms with Crippen molar-refractivity contribution in [1.82, 2.24) is 30.2 Å². The zero-order valence-corrected chi connectivity index (χ0v) is 28.8. The van der Waals surface area contributed by atoms with Gasteiger partial charge in [-0.15, -0.1) is 10.2 Å². The number of carbonyl (C=O) groups excluding carboxylic acids is 3. The Morgan fingerprint density at radius 1 is 0.904 bits per heavy atom. The largest absolute Gasteiger partial charge is 0.512 e. The first-order chi connectivity index (χ1) is 25.1. The summed E-state index contributed by atoms with van der Waals surface area (Å²) in [4.78, 5) is 42.6. The van der Waals surface area contributed by atoms with Crippen LogP contribution in [0.2, 0.25) is 0 Å². The van der Waals surface area contributed by atoms with Crippen LogP contribution in [0.15, 0.2) is 66.7 Å². The molecule has 0 bridgehead atoms. The van der Waals surface area contributed by atoms with Crippen LogP contribution in [0.4, 0.5) is 4.79 Å². The summed E-state index contributed by atoms with van der Waals surface area (Å²) >= 11 is 0. The molecular formula is C36H36N6O10. The molecule has 3 aromatic carbocycles. The Hall–Kier alpha value is -5.87. The van der Waals surface area contributed by atoms with Crippen LogP contribution in [-0.4, -0.2) is 98.3 Å². The summed E-state index contributed by atoms with van der Waals surface area (Å²) in [5, 5.41) is 14.5. The Morgan fingerprint density at radius 3 is 2.29 bits per heavy atom. The van der Waals surface area contributed by atoms with Crippen LogP contribution >= 0.6 is 0 Å². The van der Waals surface area contributed by atoms with E-state index in [9.17, 15) is 14.4 Å². The van der Waals surface area contributed by atoms with Crippen molar-refractivity contribution in [3.05, 3.63) is 77.9 Å². The number of fused-ring (bicyclic) bond motifs is 2. The van der Waals surface area contributed by atoms with Crippen molar-refractivity contribution < 1.29 is 47.5 Å². The van der Waals surface area contributed by atoms with Gasteiger partial charge in [0.1, 0.15) is 12.2 Å². The second-order valence-electron chi connectivity index (χ2n) is 12.6. The molecule has 0 saturated carbocycles. The number of esters is 2. The zero-order valence-electron chi connectivity index (χ0n) is 28.8. The third-order valence-corrected chi connectivity index (χ3v) is 8.54. The molecule has 0 spiro atoms. The van der Waals surface area contributed by atoms with Gasteiger partial charge in [-0.25, -0.2) is 9.59 Å². The number of ether oxygens (including phenoxy) is 7. The van der Waals surface area contributed by atoms with E-state index < -0.39 is 48.3 Å². The van der Waals surface area contributed by atoms with Crippen LogP contribution in [0.25, 0.3) is 33.5 Å². The van der Waals surface area contributed by atoms with Gasteiger partial charge in [0.15, 0.2) is 12.2 Å². The quantitative estimate of drug-likeness (QED) is 0.115. The van der Waals surface area contributed by atoms with Crippen molar-refractivity contribution in [2.45, 2.75) is 64.4 Å². The summed E-state index contributed by atoms with van der Waals surface area (Å²) in [6.07, 6.45) is -3.70. The van der Waals surface area contributed by atoms with Crippen LogP contribution in [0.1, 0.15) is 43.6 Å². The van der Waals surface area contributed by atoms with E-state index in [2.05, 4.69) is 25.6 Å². The normalized spacial score (nSPS) is 19.6. The van der Waals surface area contributed by atoms with Gasteiger partial charge in [-0.3, -0.25) is 9.36 Å². The fourth-order valence-corrected chi connectivity index (χ4v) is 6.38. The van der Waals surface area contributed by atoms with Gasteiger partial charge in [0.2, 0.25) is 5.82 Å². The average Bonchev–Trinajstić information content (AvgIpc) is 3.92. The molecular weight excluding hydrogens is 676 g/mol. The van der Waals surface area contributed by atoms with Crippen LogP contribution < -0.4 is 4.74 Å². The van der Waals surface area contributed by atoms with Gasteiger partial charge in [-0.1, -0.05) is 54.6 Å². The molecule has 2 aliphatic heterocycles. The number of carbonyl (C=O) groups is 3. The highest BCUT2D eigenvalue weighted by atomic mass is 16.8. The summed E-state index contributed by atoms with van der Waals surface area (Å²) in [5.41, 5.74) is 4.84. The zero-order chi connectivity index (χ0) is 36.4. The van der Waals surface area contributed by atoms with Crippen molar-refractivity contribution in [2.75, 3.05) is 19.8 Å². The Labute approximate surface area is 297 Å². The van der Waals surface area contributed by atoms with Crippen LogP contribution in [0.3, 0.4) is 0 Å². The molecule has 16 nitrogen and oxygen atoms in total. The third-order valence-electron chi connectivity index (χ3n) is 8.54. The van der Waals surface area contributed by atoms with Crippen molar-refractivity contribution in [2.24, 2.45) is 0 Å². The number of aromatic nitrogens is 6. The number of nitrogens with one attached hydrogen (secondary N) is 1. The van der Waals surface area contributed by atoms with Crippen LogP contribution in [0, 0.1) is 0 Å². The lowest BCUT2D eigenvalue weighted by atomic mass is 9.98. The van der Waals surface area contributed by atoms with E-state index >= 15 is 0 Å². The number of imidazole rings is 1. The molecule has 7 rings (SSSR count). The molecule has 0 unspecified atom stereocenters. The summed E-state index contributed by atoms with van der Waals surface area (Å²) in [6.45, 7) is 6.79. The number of H-pyrrole nitrogens is 1. The molecule has 2 aliphatic rings. The Kier molecular flexibility index (Phi) is 9.57. The topological polar surface area (TPSA) is 188 Å². The minimum Gasteiger partial charge on any atom is -0.465 e. The second-order valence-corrected chi connectivity index (χ2v) is 12.6. The predicted octanol–water partition coefficient (Wildman–Crippen LogP) is 4.47. The lowest BCUT2D eigenvalue weighted by molar-refractivity contribution is -0.162. The third kappa shape index (κ3) is 7.15. The number of hydrogen-bond acceptors (Lipinski definition) is 14. The molecule has 1 N–H and O–H groups in total. The molecule has 4 atom stereocenters. The van der Waals surface area contributed by atoms with E-state index in [1.807, 2.05) is 55.5 Å². The number of hydrogen-bond donors (Lipinski definition) is 1. The van der Waals surface area contributed by atoms with Crippen molar-refractivity contribution in [3.8, 4) is 28.5 Å². The molecule has 4 heterocycles. The molecule has 2 saturated heterocycles. The highest BCUT2D eigenvalue weighted by Crippen LogP contribution is 2.33. The van der Waals surface area contributed by atoms with E-state index in [4.69, 9.17) is 33.2 Å². The fourth-order valence-electron chi connectivity index (χ4n) is 6.38. The number of tetrazole rings is 1. The summed E-state index contributed by atoms with van der Waals surface area (Å²) < 4.78 is 40.9. The van der Waals surface area contributed by atoms with E-state index in [-0.39, 0.29) is 18.8 Å². The van der Waals surface area contributed by atoms with E-state index in [1.54, 1.807) is 22.8 Å². The van der Waals surface area contributed by atoms with Gasteiger partial charge in [0, 0.05) is 26.3 Å². The number of benzene rings is 3. The average molecular weight is 713 g/mol. The lowest BCUT2D eigenvalue weighted by Gasteiger charge is -2.26. The molecule has 270 valence electrons. The van der Waals surface area contributed by atoms with Gasteiger partial charge in [-0.05, 0) is 41.0 Å². The summed E-state index contributed by atoms with van der Waals surface area (Å²) in [6, 6.07) is 21.1. The Balaban J connectivity index is 1.07. The minimum atomic E-state index is -1.73. The first-order valence-corrected chi connectivity index (χ1v) is 16.7. The molecule has 16 heteroatoms. The summed E-state index contributed by atoms with van der Waals surface area (Å²) in [7, 11) is 0. The number of para-hydroxylation sites is 1. The maximum atomic E-state index is 13.7. The molecule has 52 heavy (non-hydrogen) atoms. The monoisotopic (exact) mass is 712 g/mol. The van der Waals surface area contributed by atoms with Crippen LogP contribution in [-0.2, 0) is 39.8 Å². The van der Waals surface area contributed by atoms with Crippen molar-refractivity contribution in [1.29, 1.82) is 0 Å². The van der Waals surface area contributed by atoms with E-state index in [1.165, 1.54) is 20.8 Å². The number of rotatable bonds is 11. The van der Waals surface area contributed by atoms with Crippen molar-refractivity contribution >= 4 is 29.1 Å². The lowest BCUT2D eigenvalue weighted by Crippen LogP contribution is -2.39. The molecule has 5 aromatic rings. The predicted molar refractivity (Wildman–Crippen MR) is 181 cm³/mol. The van der Waals surface area contributed by atoms with E-state index in [0.29, 0.717) is 36.0 Å². The standard InChI is InChI=1S/C36H36N6O10/c1-5-46-34-37-26-12-8-11-25(33(44)51-36(3,4)52-35(45)50-28-19-48-30-27(49-20(2)43)18-47-31(28)30)29(26)42(34)17-21-13-15-22(16-14-21)23-9-6-7-10-24(23)32-38-40-41-39-32/h6-16,27-28,30-31H,5,17-19H2,1-4H3,(H,38,39,40,41)/t27-,28-,30+,31+/m1/s1. The maximum absolute atomic E-state index is 13.7. The number of nitrogens with zero attached hydrogens (tertiary/aromatic N) is 5. The Bertz CT molecular complexity index is 2080. The molecule has 2 fully saturated rings.